The molecule has 2 aliphatic rings. The van der Waals surface area contributed by atoms with Gasteiger partial charge in [0.15, 0.2) is 5.78 Å². The Labute approximate surface area is 123 Å². The average Bonchev–Trinajstić information content (AvgIpc) is 2.45. The number of ether oxygens (including phenoxy) is 2. The molecule has 0 aromatic rings. The average molecular weight is 293 g/mol. The maximum Gasteiger partial charge on any atom is 0.414 e. The van der Waals surface area contributed by atoms with Crippen LogP contribution < -0.4 is 0 Å². The van der Waals surface area contributed by atoms with Gasteiger partial charge in [0.2, 0.25) is 0 Å². The van der Waals surface area contributed by atoms with E-state index in [0.717, 1.165) is 5.57 Å². The zero-order valence-electron chi connectivity index (χ0n) is 12.3. The van der Waals surface area contributed by atoms with Crippen molar-refractivity contribution in [2.24, 2.45) is 5.41 Å². The summed E-state index contributed by atoms with van der Waals surface area (Å²) in [6.45, 7) is 5.70. The van der Waals surface area contributed by atoms with E-state index >= 15 is 0 Å². The molecule has 1 aliphatic heterocycles. The first kappa shape index (κ1) is 15.3. The van der Waals surface area contributed by atoms with E-state index in [9.17, 15) is 14.4 Å². The molecule has 0 unspecified atom stereocenters. The molecular weight excluding hydrogens is 274 g/mol. The minimum Gasteiger partial charge on any atom is -0.468 e. The lowest BCUT2D eigenvalue weighted by atomic mass is 9.68. The van der Waals surface area contributed by atoms with Crippen LogP contribution in [0.2, 0.25) is 0 Å². The van der Waals surface area contributed by atoms with Crippen molar-refractivity contribution in [3.63, 3.8) is 0 Å². The van der Waals surface area contributed by atoms with E-state index in [1.54, 1.807) is 6.92 Å². The summed E-state index contributed by atoms with van der Waals surface area (Å²) < 4.78 is 9.91. The van der Waals surface area contributed by atoms with Crippen molar-refractivity contribution in [1.82, 2.24) is 4.90 Å². The van der Waals surface area contributed by atoms with Crippen LogP contribution in [0.5, 0.6) is 0 Å². The van der Waals surface area contributed by atoms with Crippen molar-refractivity contribution in [3.8, 4) is 0 Å². The first-order chi connectivity index (χ1) is 9.89. The third-order valence-corrected chi connectivity index (χ3v) is 3.96. The SMILES string of the molecule is C=C(C)OC(=O)N1CCC2=CC(=O)CC[C@]2(C(=O)OC)C1. The van der Waals surface area contributed by atoms with Crippen molar-refractivity contribution < 1.29 is 23.9 Å². The number of rotatable bonds is 2. The summed E-state index contributed by atoms with van der Waals surface area (Å²) in [5.41, 5.74) is -0.167. The van der Waals surface area contributed by atoms with Crippen LogP contribution in [0.25, 0.3) is 0 Å². The molecule has 0 aromatic heterocycles. The van der Waals surface area contributed by atoms with Gasteiger partial charge in [-0.2, -0.15) is 0 Å². The lowest BCUT2D eigenvalue weighted by molar-refractivity contribution is -0.153. The number of carbonyl (C=O) groups is 3. The molecule has 6 heteroatoms. The van der Waals surface area contributed by atoms with Crippen LogP contribution in [0.15, 0.2) is 24.0 Å². The Balaban J connectivity index is 2.28. The molecule has 0 aromatic carbocycles. The number of esters is 1. The Kier molecular flexibility index (Phi) is 4.16. The summed E-state index contributed by atoms with van der Waals surface area (Å²) in [6.07, 6.45) is 2.11. The molecule has 1 heterocycles. The van der Waals surface area contributed by atoms with Crippen LogP contribution >= 0.6 is 0 Å². The van der Waals surface area contributed by atoms with Gasteiger partial charge in [0, 0.05) is 19.5 Å². The Morgan fingerprint density at radius 1 is 1.38 bits per heavy atom. The topological polar surface area (TPSA) is 72.9 Å². The lowest BCUT2D eigenvalue weighted by Gasteiger charge is -2.43. The number of methoxy groups -OCH3 is 1. The highest BCUT2D eigenvalue weighted by Gasteiger charge is 2.50. The third-order valence-electron chi connectivity index (χ3n) is 3.96. The van der Waals surface area contributed by atoms with E-state index in [1.807, 2.05) is 0 Å². The minimum absolute atomic E-state index is 0.0162. The molecule has 1 atom stereocenters. The summed E-state index contributed by atoms with van der Waals surface area (Å²) in [7, 11) is 1.32. The molecule has 2 rings (SSSR count). The number of amides is 1. The number of nitrogens with zero attached hydrogens (tertiary/aromatic N) is 1. The second-order valence-electron chi connectivity index (χ2n) is 5.45. The Bertz CT molecular complexity index is 536. The zero-order chi connectivity index (χ0) is 15.6. The summed E-state index contributed by atoms with van der Waals surface area (Å²) in [5.74, 6) is -0.0937. The molecule has 1 aliphatic carbocycles. The summed E-state index contributed by atoms with van der Waals surface area (Å²) in [5, 5.41) is 0. The normalized spacial score (nSPS) is 24.8. The van der Waals surface area contributed by atoms with Gasteiger partial charge in [-0.15, -0.1) is 0 Å². The van der Waals surface area contributed by atoms with E-state index in [2.05, 4.69) is 6.58 Å². The molecule has 1 amide bonds. The van der Waals surface area contributed by atoms with Crippen LogP contribution in [-0.2, 0) is 19.1 Å². The number of allylic oxidation sites excluding steroid dienone is 2. The third kappa shape index (κ3) is 2.84. The highest BCUT2D eigenvalue weighted by atomic mass is 16.6. The van der Waals surface area contributed by atoms with Crippen molar-refractivity contribution >= 4 is 17.8 Å². The van der Waals surface area contributed by atoms with Gasteiger partial charge in [0.1, 0.15) is 5.41 Å². The van der Waals surface area contributed by atoms with Gasteiger partial charge in [-0.1, -0.05) is 6.58 Å². The second-order valence-corrected chi connectivity index (χ2v) is 5.45. The van der Waals surface area contributed by atoms with Gasteiger partial charge in [-0.05, 0) is 31.4 Å². The maximum atomic E-state index is 12.2. The number of hydrogen-bond acceptors (Lipinski definition) is 5. The lowest BCUT2D eigenvalue weighted by Crippen LogP contribution is -2.53. The van der Waals surface area contributed by atoms with Gasteiger partial charge in [0.05, 0.1) is 12.9 Å². The molecule has 1 saturated heterocycles. The van der Waals surface area contributed by atoms with Gasteiger partial charge in [-0.25, -0.2) is 4.79 Å². The highest BCUT2D eigenvalue weighted by Crippen LogP contribution is 2.43. The fourth-order valence-electron chi connectivity index (χ4n) is 2.92. The zero-order valence-corrected chi connectivity index (χ0v) is 12.3. The summed E-state index contributed by atoms with van der Waals surface area (Å²) in [6, 6.07) is 0. The Morgan fingerprint density at radius 2 is 2.10 bits per heavy atom. The predicted molar refractivity (Wildman–Crippen MR) is 74.3 cm³/mol. The van der Waals surface area contributed by atoms with Gasteiger partial charge in [-0.3, -0.25) is 9.59 Å². The number of likely N-dealkylation sites (tertiary alicyclic amines) is 1. The molecule has 6 nitrogen and oxygen atoms in total. The molecule has 0 N–H and O–H groups in total. The van der Waals surface area contributed by atoms with E-state index < -0.39 is 17.5 Å². The number of piperidine rings is 1. The fourth-order valence-corrected chi connectivity index (χ4v) is 2.92. The second kappa shape index (κ2) is 5.71. The molecule has 21 heavy (non-hydrogen) atoms. The number of fused-ring (bicyclic) bond motifs is 1. The monoisotopic (exact) mass is 293 g/mol. The quantitative estimate of drug-likeness (QED) is 0.573. The standard InChI is InChI=1S/C15H19NO5/c1-10(2)21-14(19)16-7-5-11-8-12(17)4-6-15(11,9-16)13(18)20-3/h8H,1,4-7,9H2,2-3H3/t15-/m0/s1. The Hall–Kier alpha value is -2.11. The minimum atomic E-state index is -0.922. The van der Waals surface area contributed by atoms with E-state index in [4.69, 9.17) is 9.47 Å². The van der Waals surface area contributed by atoms with E-state index in [0.29, 0.717) is 25.1 Å². The molecular formula is C15H19NO5. The maximum absolute atomic E-state index is 12.2. The number of hydrogen-bond donors (Lipinski definition) is 0. The molecule has 0 radical (unpaired) electrons. The smallest absolute Gasteiger partial charge is 0.414 e. The van der Waals surface area contributed by atoms with Crippen molar-refractivity contribution in [1.29, 1.82) is 0 Å². The van der Waals surface area contributed by atoms with Crippen LogP contribution in [0, 0.1) is 5.41 Å². The van der Waals surface area contributed by atoms with E-state index in [1.165, 1.54) is 18.1 Å². The van der Waals surface area contributed by atoms with Gasteiger partial charge in [0.25, 0.3) is 0 Å². The number of ketones is 1. The molecule has 114 valence electrons. The van der Waals surface area contributed by atoms with Crippen molar-refractivity contribution in [2.45, 2.75) is 26.2 Å². The van der Waals surface area contributed by atoms with Crippen molar-refractivity contribution in [2.75, 3.05) is 20.2 Å². The van der Waals surface area contributed by atoms with Gasteiger partial charge < -0.3 is 14.4 Å². The first-order valence-corrected chi connectivity index (χ1v) is 6.83. The largest absolute Gasteiger partial charge is 0.468 e. The van der Waals surface area contributed by atoms with Crippen LogP contribution in [0.3, 0.4) is 0 Å². The van der Waals surface area contributed by atoms with Crippen LogP contribution in [-0.4, -0.2) is 42.9 Å². The summed E-state index contributed by atoms with van der Waals surface area (Å²) in [4.78, 5) is 37.3. The number of carbonyl (C=O) groups excluding carboxylic acids is 3. The summed E-state index contributed by atoms with van der Waals surface area (Å²) >= 11 is 0. The first-order valence-electron chi connectivity index (χ1n) is 6.83. The Morgan fingerprint density at radius 3 is 2.71 bits per heavy atom. The van der Waals surface area contributed by atoms with E-state index in [-0.39, 0.29) is 18.7 Å². The fraction of sp³-hybridized carbons (Fsp3) is 0.533. The molecule has 0 spiro atoms. The predicted octanol–water partition coefficient (Wildman–Crippen LogP) is 1.81. The molecule has 1 fully saturated rings. The van der Waals surface area contributed by atoms with Crippen molar-refractivity contribution in [3.05, 3.63) is 24.0 Å². The molecule has 0 bridgehead atoms. The van der Waals surface area contributed by atoms with Crippen LogP contribution in [0.1, 0.15) is 26.2 Å². The molecule has 0 saturated carbocycles. The van der Waals surface area contributed by atoms with Gasteiger partial charge >= 0.3 is 12.1 Å². The van der Waals surface area contributed by atoms with Crippen LogP contribution in [0.4, 0.5) is 4.79 Å². The highest BCUT2D eigenvalue weighted by molar-refractivity contribution is 5.95.